The number of carboxylic acid groups (broad SMARTS) is 1. The zero-order chi connectivity index (χ0) is 15.0. The lowest BCUT2D eigenvalue weighted by atomic mass is 10.1. The molecule has 1 aromatic carbocycles. The molecule has 0 aliphatic heterocycles. The van der Waals surface area contributed by atoms with Gasteiger partial charge in [0.1, 0.15) is 0 Å². The average Bonchev–Trinajstić information content (AvgIpc) is 3.02. The zero-order valence-corrected chi connectivity index (χ0v) is 12.9. The molecule has 0 unspecified atom stereocenters. The minimum absolute atomic E-state index is 0.102. The van der Waals surface area contributed by atoms with Gasteiger partial charge in [0.15, 0.2) is 9.84 Å². The van der Waals surface area contributed by atoms with Crippen LogP contribution < -0.4 is 0 Å². The van der Waals surface area contributed by atoms with E-state index in [1.54, 1.807) is 18.2 Å². The molecule has 0 bridgehead atoms. The molecule has 1 N–H and O–H groups in total. The summed E-state index contributed by atoms with van der Waals surface area (Å²) in [6.07, 6.45) is 1.18. The van der Waals surface area contributed by atoms with Crippen molar-refractivity contribution in [3.8, 4) is 0 Å². The number of aliphatic carboxylic acids is 1. The Balaban J connectivity index is 2.12. The van der Waals surface area contributed by atoms with Crippen LogP contribution in [0.15, 0.2) is 18.2 Å². The molecular weight excluding hydrogens is 323 g/mol. The Morgan fingerprint density at radius 1 is 1.30 bits per heavy atom. The molecule has 7 heteroatoms. The van der Waals surface area contributed by atoms with Crippen LogP contribution in [0.2, 0.25) is 10.0 Å². The van der Waals surface area contributed by atoms with Gasteiger partial charge in [-0.05, 0) is 29.9 Å². The van der Waals surface area contributed by atoms with E-state index in [2.05, 4.69) is 0 Å². The molecule has 0 spiro atoms. The topological polar surface area (TPSA) is 71.4 Å². The molecule has 20 heavy (non-hydrogen) atoms. The van der Waals surface area contributed by atoms with E-state index >= 15 is 0 Å². The molecular formula is C13H14Cl2O4S. The molecule has 0 aromatic heterocycles. The Morgan fingerprint density at radius 2 is 1.95 bits per heavy atom. The van der Waals surface area contributed by atoms with Gasteiger partial charge in [0.2, 0.25) is 0 Å². The largest absolute Gasteiger partial charge is 0.481 e. The van der Waals surface area contributed by atoms with E-state index in [4.69, 9.17) is 28.3 Å². The van der Waals surface area contributed by atoms with E-state index in [1.807, 2.05) is 0 Å². The SMILES string of the molecule is O=C(O)CC1(CS(=O)(=O)Cc2cccc(Cl)c2Cl)CC1. The third kappa shape index (κ3) is 3.87. The Kier molecular flexibility index (Phi) is 4.33. The van der Waals surface area contributed by atoms with Gasteiger partial charge in [0.05, 0.1) is 28.0 Å². The highest BCUT2D eigenvalue weighted by molar-refractivity contribution is 7.90. The molecule has 1 fully saturated rings. The number of halogens is 2. The monoisotopic (exact) mass is 336 g/mol. The maximum Gasteiger partial charge on any atom is 0.303 e. The van der Waals surface area contributed by atoms with Gasteiger partial charge in [-0.3, -0.25) is 4.79 Å². The van der Waals surface area contributed by atoms with Gasteiger partial charge in [0, 0.05) is 0 Å². The summed E-state index contributed by atoms with van der Waals surface area (Å²) < 4.78 is 24.4. The van der Waals surface area contributed by atoms with Gasteiger partial charge in [-0.1, -0.05) is 35.3 Å². The number of hydrogen-bond donors (Lipinski definition) is 1. The second-order valence-electron chi connectivity index (χ2n) is 5.32. The van der Waals surface area contributed by atoms with Crippen molar-refractivity contribution in [1.82, 2.24) is 0 Å². The van der Waals surface area contributed by atoms with Crippen molar-refractivity contribution >= 4 is 39.0 Å². The molecule has 1 aliphatic carbocycles. The molecule has 0 heterocycles. The van der Waals surface area contributed by atoms with Crippen molar-refractivity contribution in [3.63, 3.8) is 0 Å². The van der Waals surface area contributed by atoms with Crippen molar-refractivity contribution in [2.24, 2.45) is 5.41 Å². The quantitative estimate of drug-likeness (QED) is 0.865. The molecule has 1 aromatic rings. The van der Waals surface area contributed by atoms with Crippen LogP contribution in [0.1, 0.15) is 24.8 Å². The third-order valence-corrected chi connectivity index (χ3v) is 6.08. The van der Waals surface area contributed by atoms with Gasteiger partial charge >= 0.3 is 5.97 Å². The fourth-order valence-electron chi connectivity index (χ4n) is 2.28. The van der Waals surface area contributed by atoms with Crippen molar-refractivity contribution in [2.75, 3.05) is 5.75 Å². The fraction of sp³-hybridized carbons (Fsp3) is 0.462. The molecule has 1 aliphatic rings. The highest BCUT2D eigenvalue weighted by atomic mass is 35.5. The number of benzene rings is 1. The van der Waals surface area contributed by atoms with Crippen LogP contribution in [0.3, 0.4) is 0 Å². The number of carbonyl (C=O) groups is 1. The van der Waals surface area contributed by atoms with Crippen molar-refractivity contribution in [3.05, 3.63) is 33.8 Å². The molecule has 110 valence electrons. The van der Waals surface area contributed by atoms with Gasteiger partial charge in [0.25, 0.3) is 0 Å². The first-order valence-electron chi connectivity index (χ1n) is 6.08. The minimum Gasteiger partial charge on any atom is -0.481 e. The predicted molar refractivity (Wildman–Crippen MR) is 77.9 cm³/mol. The van der Waals surface area contributed by atoms with Crippen LogP contribution >= 0.6 is 23.2 Å². The molecule has 0 saturated heterocycles. The highest BCUT2D eigenvalue weighted by Crippen LogP contribution is 2.50. The van der Waals surface area contributed by atoms with Crippen molar-refractivity contribution in [1.29, 1.82) is 0 Å². The summed E-state index contributed by atoms with van der Waals surface area (Å²) in [5, 5.41) is 9.37. The maximum absolute atomic E-state index is 12.2. The van der Waals surface area contributed by atoms with Gasteiger partial charge < -0.3 is 5.11 Å². The Hall–Kier alpha value is -0.780. The molecule has 0 atom stereocenters. The van der Waals surface area contributed by atoms with E-state index < -0.39 is 21.2 Å². The summed E-state index contributed by atoms with van der Waals surface area (Å²) in [5.74, 6) is -1.29. The lowest BCUT2D eigenvalue weighted by molar-refractivity contribution is -0.138. The summed E-state index contributed by atoms with van der Waals surface area (Å²) in [4.78, 5) is 10.8. The summed E-state index contributed by atoms with van der Waals surface area (Å²) in [5.41, 5.74) is -0.138. The molecule has 2 rings (SSSR count). The standard InChI is InChI=1S/C13H14Cl2O4S/c14-10-3-1-2-9(12(10)15)7-20(18,19)8-13(4-5-13)6-11(16)17/h1-3H,4-8H2,(H,16,17). The van der Waals surface area contributed by atoms with Crippen LogP contribution in [0.5, 0.6) is 0 Å². The van der Waals surface area contributed by atoms with E-state index in [9.17, 15) is 13.2 Å². The summed E-state index contributed by atoms with van der Waals surface area (Å²) in [6, 6.07) is 4.85. The first kappa shape index (κ1) is 15.6. The normalized spacial score (nSPS) is 16.9. The second kappa shape index (κ2) is 5.54. The van der Waals surface area contributed by atoms with Gasteiger partial charge in [-0.15, -0.1) is 0 Å². The number of hydrogen-bond acceptors (Lipinski definition) is 3. The minimum atomic E-state index is -3.42. The highest BCUT2D eigenvalue weighted by Gasteiger charge is 2.47. The summed E-state index contributed by atoms with van der Waals surface area (Å²) >= 11 is 11.8. The third-order valence-electron chi connectivity index (χ3n) is 3.42. The zero-order valence-electron chi connectivity index (χ0n) is 10.6. The van der Waals surface area contributed by atoms with E-state index in [1.165, 1.54) is 0 Å². The lowest BCUT2D eigenvalue weighted by Crippen LogP contribution is -2.21. The summed E-state index contributed by atoms with van der Waals surface area (Å²) in [6.45, 7) is 0. The van der Waals surface area contributed by atoms with Crippen LogP contribution in [-0.4, -0.2) is 25.2 Å². The van der Waals surface area contributed by atoms with Crippen molar-refractivity contribution in [2.45, 2.75) is 25.0 Å². The van der Waals surface area contributed by atoms with Crippen molar-refractivity contribution < 1.29 is 18.3 Å². The van der Waals surface area contributed by atoms with Crippen LogP contribution in [0.4, 0.5) is 0 Å². The number of carboxylic acids is 1. The van der Waals surface area contributed by atoms with Crippen LogP contribution in [0, 0.1) is 5.41 Å². The van der Waals surface area contributed by atoms with Gasteiger partial charge in [-0.25, -0.2) is 8.42 Å². The number of sulfone groups is 1. The summed E-state index contributed by atoms with van der Waals surface area (Å²) in [7, 11) is -3.42. The van der Waals surface area contributed by atoms with E-state index in [-0.39, 0.29) is 22.9 Å². The number of rotatable bonds is 6. The predicted octanol–water partition coefficient (Wildman–Crippen LogP) is 3.16. The Labute approximate surface area is 127 Å². The van der Waals surface area contributed by atoms with Crippen LogP contribution in [0.25, 0.3) is 0 Å². The second-order valence-corrected chi connectivity index (χ2v) is 8.17. The van der Waals surface area contributed by atoms with Crippen LogP contribution in [-0.2, 0) is 20.4 Å². The maximum atomic E-state index is 12.2. The Morgan fingerprint density at radius 3 is 2.50 bits per heavy atom. The Bertz CT molecular complexity index is 636. The molecule has 4 nitrogen and oxygen atoms in total. The molecule has 0 radical (unpaired) electrons. The van der Waals surface area contributed by atoms with E-state index in [0.29, 0.717) is 23.4 Å². The van der Waals surface area contributed by atoms with E-state index in [0.717, 1.165) is 0 Å². The first-order valence-corrected chi connectivity index (χ1v) is 8.66. The lowest BCUT2D eigenvalue weighted by Gasteiger charge is -2.13. The van der Waals surface area contributed by atoms with Gasteiger partial charge in [-0.2, -0.15) is 0 Å². The fourth-order valence-corrected chi connectivity index (χ4v) is 4.89. The smallest absolute Gasteiger partial charge is 0.303 e. The molecule has 0 amide bonds. The molecule has 1 saturated carbocycles. The first-order chi connectivity index (χ1) is 9.23. The average molecular weight is 337 g/mol.